The lowest BCUT2D eigenvalue weighted by atomic mass is 9.90. The molecule has 2 heteroatoms. The smallest absolute Gasteiger partial charge is 0.0406 e. The maximum atomic E-state index is 6.11. The molecule has 0 amide bonds. The van der Waals surface area contributed by atoms with Crippen LogP contribution in [0.5, 0.6) is 0 Å². The molecule has 1 aromatic heterocycles. The first-order chi connectivity index (χ1) is 16.6. The average Bonchev–Trinajstić information content (AvgIpc) is 3.23. The second-order valence-corrected chi connectivity index (χ2v) is 10.4. The molecule has 0 fully saturated rings. The molecule has 1 heterocycles. The number of rotatable bonds is 3. The number of halogens is 1. The van der Waals surface area contributed by atoms with Crippen LogP contribution in [0.4, 0.5) is 0 Å². The minimum absolute atomic E-state index is 0.759. The molecule has 0 unspecified atom stereocenters. The highest BCUT2D eigenvalue weighted by molar-refractivity contribution is 7.25. The summed E-state index contributed by atoms with van der Waals surface area (Å²) in [4.78, 5) is 0. The SMILES string of the molecule is Cc1ccc(-c2ccc(Cl)cc2)cc1-c1cc(-c2ccc3sc4ccccc4c3c2)ccc1C. The number of aryl methyl sites for hydroxylation is 2. The van der Waals surface area contributed by atoms with Crippen LogP contribution in [0.2, 0.25) is 5.02 Å². The molecule has 6 aromatic rings. The van der Waals surface area contributed by atoms with Gasteiger partial charge in [-0.3, -0.25) is 0 Å². The van der Waals surface area contributed by atoms with Gasteiger partial charge in [-0.15, -0.1) is 11.3 Å². The van der Waals surface area contributed by atoms with Crippen LogP contribution in [0.15, 0.2) is 103 Å². The lowest BCUT2D eigenvalue weighted by molar-refractivity contribution is 1.41. The molecule has 0 saturated heterocycles. The van der Waals surface area contributed by atoms with Crippen molar-refractivity contribution in [3.05, 3.63) is 119 Å². The van der Waals surface area contributed by atoms with Crippen molar-refractivity contribution >= 4 is 43.1 Å². The zero-order valence-electron chi connectivity index (χ0n) is 19.1. The predicted octanol–water partition coefficient (Wildman–Crippen LogP) is 10.3. The average molecular weight is 475 g/mol. The summed E-state index contributed by atoms with van der Waals surface area (Å²) in [6.45, 7) is 4.39. The molecule has 6 rings (SSSR count). The highest BCUT2D eigenvalue weighted by Crippen LogP contribution is 2.38. The van der Waals surface area contributed by atoms with Gasteiger partial charge in [-0.1, -0.05) is 72.3 Å². The Hall–Kier alpha value is -3.39. The standard InChI is InChI=1S/C32H23ClS/c1-20-7-9-23(22-11-14-26(33)15-12-22)17-28(20)29-18-24(10-8-21(29)2)25-13-16-32-30(19-25)27-5-3-4-6-31(27)34-32/h3-19H,1-2H3. The van der Waals surface area contributed by atoms with Crippen molar-refractivity contribution in [1.82, 2.24) is 0 Å². The van der Waals surface area contributed by atoms with Crippen LogP contribution in [-0.2, 0) is 0 Å². The van der Waals surface area contributed by atoms with Crippen LogP contribution in [0.3, 0.4) is 0 Å². The molecule has 0 nitrogen and oxygen atoms in total. The van der Waals surface area contributed by atoms with E-state index in [1.165, 1.54) is 64.7 Å². The molecule has 0 radical (unpaired) electrons. The van der Waals surface area contributed by atoms with Crippen LogP contribution in [0.25, 0.3) is 53.6 Å². The number of hydrogen-bond donors (Lipinski definition) is 0. The van der Waals surface area contributed by atoms with E-state index in [1.807, 2.05) is 23.5 Å². The molecule has 0 aliphatic heterocycles. The number of benzene rings is 5. The quantitative estimate of drug-likeness (QED) is 0.239. The van der Waals surface area contributed by atoms with Crippen LogP contribution in [0, 0.1) is 13.8 Å². The second kappa shape index (κ2) is 8.43. The van der Waals surface area contributed by atoms with Gasteiger partial charge < -0.3 is 0 Å². The zero-order chi connectivity index (χ0) is 23.2. The molecular formula is C32H23ClS. The summed E-state index contributed by atoms with van der Waals surface area (Å²) < 4.78 is 2.68. The Kier molecular flexibility index (Phi) is 5.25. The van der Waals surface area contributed by atoms with Gasteiger partial charge in [0.2, 0.25) is 0 Å². The lowest BCUT2D eigenvalue weighted by Gasteiger charge is -2.14. The maximum absolute atomic E-state index is 6.11. The third-order valence-electron chi connectivity index (χ3n) is 6.65. The summed E-state index contributed by atoms with van der Waals surface area (Å²) >= 11 is 7.97. The van der Waals surface area contributed by atoms with Crippen LogP contribution >= 0.6 is 22.9 Å². The van der Waals surface area contributed by atoms with E-state index in [0.717, 1.165) is 5.02 Å². The molecule has 0 aliphatic rings. The molecule has 0 atom stereocenters. The van der Waals surface area contributed by atoms with Gasteiger partial charge in [-0.25, -0.2) is 0 Å². The first kappa shape index (κ1) is 21.2. The summed E-state index contributed by atoms with van der Waals surface area (Å²) in [6.07, 6.45) is 0. The Morgan fingerprint density at radius 3 is 1.74 bits per heavy atom. The van der Waals surface area contributed by atoms with Crippen LogP contribution in [0.1, 0.15) is 11.1 Å². The molecule has 164 valence electrons. The van der Waals surface area contributed by atoms with E-state index in [2.05, 4.69) is 105 Å². The second-order valence-electron chi connectivity index (χ2n) is 8.88. The molecule has 0 aliphatic carbocycles. The largest absolute Gasteiger partial charge is 0.135 e. The van der Waals surface area contributed by atoms with Crippen LogP contribution < -0.4 is 0 Å². The number of fused-ring (bicyclic) bond motifs is 3. The molecular weight excluding hydrogens is 452 g/mol. The van der Waals surface area contributed by atoms with E-state index in [-0.39, 0.29) is 0 Å². The molecule has 0 N–H and O–H groups in total. The van der Waals surface area contributed by atoms with Gasteiger partial charge in [-0.2, -0.15) is 0 Å². The summed E-state index contributed by atoms with van der Waals surface area (Å²) in [7, 11) is 0. The zero-order valence-corrected chi connectivity index (χ0v) is 20.7. The fourth-order valence-corrected chi connectivity index (χ4v) is 5.94. The Morgan fingerprint density at radius 1 is 0.500 bits per heavy atom. The fourth-order valence-electron chi connectivity index (χ4n) is 4.73. The van der Waals surface area contributed by atoms with Gasteiger partial charge in [0.15, 0.2) is 0 Å². The van der Waals surface area contributed by atoms with Gasteiger partial charge in [0.05, 0.1) is 0 Å². The van der Waals surface area contributed by atoms with Crippen molar-refractivity contribution < 1.29 is 0 Å². The Morgan fingerprint density at radius 2 is 1.03 bits per heavy atom. The van der Waals surface area contributed by atoms with Gasteiger partial charge in [0.25, 0.3) is 0 Å². The van der Waals surface area contributed by atoms with Crippen molar-refractivity contribution in [3.63, 3.8) is 0 Å². The van der Waals surface area contributed by atoms with E-state index >= 15 is 0 Å². The van der Waals surface area contributed by atoms with Gasteiger partial charge in [-0.05, 0) is 101 Å². The van der Waals surface area contributed by atoms with E-state index in [9.17, 15) is 0 Å². The first-order valence-corrected chi connectivity index (χ1v) is 12.7. The van der Waals surface area contributed by atoms with E-state index in [4.69, 9.17) is 11.6 Å². The lowest BCUT2D eigenvalue weighted by Crippen LogP contribution is -1.90. The van der Waals surface area contributed by atoms with E-state index < -0.39 is 0 Å². The maximum Gasteiger partial charge on any atom is 0.0406 e. The van der Waals surface area contributed by atoms with Gasteiger partial charge in [0, 0.05) is 25.2 Å². The number of thiophene rings is 1. The Bertz CT molecular complexity index is 1670. The van der Waals surface area contributed by atoms with Crippen molar-refractivity contribution in [2.75, 3.05) is 0 Å². The molecule has 0 saturated carbocycles. The molecule has 5 aromatic carbocycles. The number of hydrogen-bond acceptors (Lipinski definition) is 1. The highest BCUT2D eigenvalue weighted by atomic mass is 35.5. The third kappa shape index (κ3) is 3.72. The van der Waals surface area contributed by atoms with Crippen molar-refractivity contribution in [3.8, 4) is 33.4 Å². The van der Waals surface area contributed by atoms with E-state index in [0.29, 0.717) is 0 Å². The van der Waals surface area contributed by atoms with Gasteiger partial charge >= 0.3 is 0 Å². The monoisotopic (exact) mass is 474 g/mol. The minimum atomic E-state index is 0.759. The molecule has 34 heavy (non-hydrogen) atoms. The summed E-state index contributed by atoms with van der Waals surface area (Å²) in [5.74, 6) is 0. The van der Waals surface area contributed by atoms with Gasteiger partial charge in [0.1, 0.15) is 0 Å². The molecule has 0 spiro atoms. The summed E-state index contributed by atoms with van der Waals surface area (Å²) in [6, 6.07) is 37.2. The Balaban J connectivity index is 1.47. The minimum Gasteiger partial charge on any atom is -0.135 e. The highest BCUT2D eigenvalue weighted by Gasteiger charge is 2.11. The van der Waals surface area contributed by atoms with Crippen molar-refractivity contribution in [2.45, 2.75) is 13.8 Å². The molecule has 0 bridgehead atoms. The van der Waals surface area contributed by atoms with Crippen molar-refractivity contribution in [1.29, 1.82) is 0 Å². The predicted molar refractivity (Wildman–Crippen MR) is 150 cm³/mol. The summed E-state index contributed by atoms with van der Waals surface area (Å²) in [5, 5.41) is 3.43. The van der Waals surface area contributed by atoms with E-state index in [1.54, 1.807) is 0 Å². The Labute approximate surface area is 209 Å². The fraction of sp³-hybridized carbons (Fsp3) is 0.0625. The van der Waals surface area contributed by atoms with Crippen molar-refractivity contribution in [2.24, 2.45) is 0 Å². The van der Waals surface area contributed by atoms with Crippen LogP contribution in [-0.4, -0.2) is 0 Å². The first-order valence-electron chi connectivity index (χ1n) is 11.5. The summed E-state index contributed by atoms with van der Waals surface area (Å²) in [5.41, 5.74) is 9.98. The topological polar surface area (TPSA) is 0 Å². The normalized spacial score (nSPS) is 11.4. The third-order valence-corrected chi connectivity index (χ3v) is 8.06.